The number of rotatable bonds is 4. The molecule has 2 rings (SSSR count). The molecule has 0 aliphatic carbocycles. The second-order valence-electron chi connectivity index (χ2n) is 4.88. The van der Waals surface area contributed by atoms with Crippen LogP contribution in [0.4, 0.5) is 0 Å². The number of ether oxygens (including phenoxy) is 1. The van der Waals surface area contributed by atoms with Crippen molar-refractivity contribution in [1.29, 1.82) is 0 Å². The van der Waals surface area contributed by atoms with Gasteiger partial charge < -0.3 is 14.5 Å². The Morgan fingerprint density at radius 3 is 2.50 bits per heavy atom. The van der Waals surface area contributed by atoms with E-state index in [1.54, 1.807) is 21.9 Å². The van der Waals surface area contributed by atoms with Crippen LogP contribution in [0.3, 0.4) is 0 Å². The SMILES string of the molecule is C[NH+]1CC[NH+](CCOc2ccc(Cl)c(Cl)c2)CC1. The van der Waals surface area contributed by atoms with E-state index in [0.29, 0.717) is 10.0 Å². The van der Waals surface area contributed by atoms with Crippen molar-refractivity contribution in [2.24, 2.45) is 0 Å². The molecule has 2 N–H and O–H groups in total. The Balaban J connectivity index is 1.73. The minimum atomic E-state index is 0.546. The second-order valence-corrected chi connectivity index (χ2v) is 5.70. The van der Waals surface area contributed by atoms with Crippen LogP contribution in [-0.2, 0) is 0 Å². The molecule has 1 fully saturated rings. The molecule has 0 radical (unpaired) electrons. The minimum Gasteiger partial charge on any atom is -0.488 e. The lowest BCUT2D eigenvalue weighted by atomic mass is 10.3. The number of piperazine rings is 1. The lowest BCUT2D eigenvalue weighted by Crippen LogP contribution is -3.27. The van der Waals surface area contributed by atoms with Crippen molar-refractivity contribution in [1.82, 2.24) is 0 Å². The molecule has 0 amide bonds. The standard InChI is InChI=1S/C13H18Cl2N2O/c1-16-4-6-17(7-5-16)8-9-18-11-2-3-12(14)13(15)10-11/h2-3,10H,4-9H2,1H3/p+2. The van der Waals surface area contributed by atoms with Crippen molar-refractivity contribution in [3.05, 3.63) is 28.2 Å². The van der Waals surface area contributed by atoms with Crippen molar-refractivity contribution in [3.8, 4) is 5.75 Å². The van der Waals surface area contributed by atoms with E-state index in [1.165, 1.54) is 26.2 Å². The highest BCUT2D eigenvalue weighted by Gasteiger charge is 2.19. The topological polar surface area (TPSA) is 18.1 Å². The van der Waals surface area contributed by atoms with Gasteiger partial charge in [0, 0.05) is 6.07 Å². The first-order chi connectivity index (χ1) is 8.65. The van der Waals surface area contributed by atoms with Crippen molar-refractivity contribution in [3.63, 3.8) is 0 Å². The zero-order valence-corrected chi connectivity index (χ0v) is 12.2. The summed E-state index contributed by atoms with van der Waals surface area (Å²) >= 11 is 11.8. The average Bonchev–Trinajstić information content (AvgIpc) is 2.36. The Morgan fingerprint density at radius 2 is 1.83 bits per heavy atom. The van der Waals surface area contributed by atoms with E-state index in [9.17, 15) is 0 Å². The molecule has 0 aromatic heterocycles. The number of nitrogens with one attached hydrogen (secondary N) is 2. The van der Waals surface area contributed by atoms with Crippen LogP contribution >= 0.6 is 23.2 Å². The summed E-state index contributed by atoms with van der Waals surface area (Å²) in [5, 5.41) is 1.11. The van der Waals surface area contributed by atoms with Crippen LogP contribution in [0.15, 0.2) is 18.2 Å². The number of halogens is 2. The van der Waals surface area contributed by atoms with E-state index < -0.39 is 0 Å². The summed E-state index contributed by atoms with van der Waals surface area (Å²) in [6.07, 6.45) is 0. The third kappa shape index (κ3) is 4.02. The molecule has 3 nitrogen and oxygen atoms in total. The molecule has 18 heavy (non-hydrogen) atoms. The molecule has 1 aromatic rings. The van der Waals surface area contributed by atoms with E-state index in [0.717, 1.165) is 18.9 Å². The summed E-state index contributed by atoms with van der Waals surface area (Å²) in [5.74, 6) is 0.795. The maximum Gasteiger partial charge on any atom is 0.137 e. The van der Waals surface area contributed by atoms with Gasteiger partial charge in [-0.15, -0.1) is 0 Å². The zero-order valence-electron chi connectivity index (χ0n) is 10.6. The molecule has 0 unspecified atom stereocenters. The van der Waals surface area contributed by atoms with Gasteiger partial charge in [0.05, 0.1) is 17.1 Å². The smallest absolute Gasteiger partial charge is 0.137 e. The van der Waals surface area contributed by atoms with Gasteiger partial charge >= 0.3 is 0 Å². The van der Waals surface area contributed by atoms with Gasteiger partial charge in [0.15, 0.2) is 0 Å². The van der Waals surface area contributed by atoms with Crippen LogP contribution in [0.25, 0.3) is 0 Å². The Bertz CT molecular complexity index is 393. The summed E-state index contributed by atoms with van der Waals surface area (Å²) in [5.41, 5.74) is 0. The molecular weight excluding hydrogens is 271 g/mol. The lowest BCUT2D eigenvalue weighted by Gasteiger charge is -2.27. The maximum atomic E-state index is 5.94. The van der Waals surface area contributed by atoms with Crippen molar-refractivity contribution in [2.45, 2.75) is 0 Å². The van der Waals surface area contributed by atoms with Crippen molar-refractivity contribution in [2.75, 3.05) is 46.4 Å². The maximum absolute atomic E-state index is 5.94. The van der Waals surface area contributed by atoms with Crippen LogP contribution in [0, 0.1) is 0 Å². The van der Waals surface area contributed by atoms with Crippen LogP contribution < -0.4 is 14.5 Å². The molecule has 0 atom stereocenters. The zero-order chi connectivity index (χ0) is 13.0. The van der Waals surface area contributed by atoms with Gasteiger partial charge in [0.25, 0.3) is 0 Å². The van der Waals surface area contributed by atoms with Gasteiger partial charge in [-0.3, -0.25) is 0 Å². The molecule has 100 valence electrons. The van der Waals surface area contributed by atoms with Gasteiger partial charge in [-0.1, -0.05) is 23.2 Å². The quantitative estimate of drug-likeness (QED) is 0.785. The Labute approximate surface area is 118 Å². The normalized spacial score (nSPS) is 23.9. The monoisotopic (exact) mass is 290 g/mol. The lowest BCUT2D eigenvalue weighted by molar-refractivity contribution is -1.00. The van der Waals surface area contributed by atoms with Gasteiger partial charge in [-0.05, 0) is 12.1 Å². The molecule has 1 aliphatic heterocycles. The summed E-state index contributed by atoms with van der Waals surface area (Å²) in [6.45, 7) is 6.75. The second kappa shape index (κ2) is 6.62. The highest BCUT2D eigenvalue weighted by molar-refractivity contribution is 6.42. The van der Waals surface area contributed by atoms with Gasteiger partial charge in [0.1, 0.15) is 45.1 Å². The number of hydrogen-bond donors (Lipinski definition) is 2. The fourth-order valence-electron chi connectivity index (χ4n) is 2.16. The van der Waals surface area contributed by atoms with E-state index in [4.69, 9.17) is 27.9 Å². The first-order valence-corrected chi connectivity index (χ1v) is 7.13. The summed E-state index contributed by atoms with van der Waals surface area (Å²) in [4.78, 5) is 3.25. The number of hydrogen-bond acceptors (Lipinski definition) is 1. The number of likely N-dealkylation sites (N-methyl/N-ethyl adjacent to an activating group) is 1. The van der Waals surface area contributed by atoms with E-state index in [-0.39, 0.29) is 0 Å². The molecular formula is C13H20Cl2N2O+2. The molecule has 0 spiro atoms. The predicted octanol–water partition coefficient (Wildman–Crippen LogP) is -0.215. The summed E-state index contributed by atoms with van der Waals surface area (Å²) < 4.78 is 5.70. The van der Waals surface area contributed by atoms with Crippen LogP contribution in [0.5, 0.6) is 5.75 Å². The van der Waals surface area contributed by atoms with Gasteiger partial charge in [0.2, 0.25) is 0 Å². The van der Waals surface area contributed by atoms with Crippen LogP contribution in [-0.4, -0.2) is 46.4 Å². The molecule has 1 aromatic carbocycles. The summed E-state index contributed by atoms with van der Waals surface area (Å²) in [7, 11) is 2.25. The van der Waals surface area contributed by atoms with Crippen molar-refractivity contribution < 1.29 is 14.5 Å². The number of quaternary nitrogens is 2. The highest BCUT2D eigenvalue weighted by atomic mass is 35.5. The molecule has 0 saturated carbocycles. The first-order valence-electron chi connectivity index (χ1n) is 6.38. The fraction of sp³-hybridized carbons (Fsp3) is 0.538. The Morgan fingerprint density at radius 1 is 1.11 bits per heavy atom. The predicted molar refractivity (Wildman–Crippen MR) is 74.1 cm³/mol. The average molecular weight is 291 g/mol. The Hall–Kier alpha value is -0.480. The van der Waals surface area contributed by atoms with E-state index >= 15 is 0 Å². The Kier molecular flexibility index (Phi) is 5.13. The highest BCUT2D eigenvalue weighted by Crippen LogP contribution is 2.26. The van der Waals surface area contributed by atoms with Gasteiger partial charge in [-0.2, -0.15) is 0 Å². The van der Waals surface area contributed by atoms with Crippen molar-refractivity contribution >= 4 is 23.2 Å². The van der Waals surface area contributed by atoms with E-state index in [1.807, 2.05) is 6.07 Å². The van der Waals surface area contributed by atoms with Gasteiger partial charge in [-0.25, -0.2) is 0 Å². The number of benzene rings is 1. The first kappa shape index (κ1) is 13.9. The molecule has 1 heterocycles. The minimum absolute atomic E-state index is 0.546. The van der Waals surface area contributed by atoms with Crippen LogP contribution in [0.2, 0.25) is 10.0 Å². The fourth-order valence-corrected chi connectivity index (χ4v) is 2.45. The molecule has 0 bridgehead atoms. The van der Waals surface area contributed by atoms with Crippen LogP contribution in [0.1, 0.15) is 0 Å². The molecule has 5 heteroatoms. The summed E-state index contributed by atoms with van der Waals surface area (Å²) in [6, 6.07) is 5.40. The third-order valence-electron chi connectivity index (χ3n) is 3.43. The molecule has 1 aliphatic rings. The third-order valence-corrected chi connectivity index (χ3v) is 4.17. The molecule has 1 saturated heterocycles. The largest absolute Gasteiger partial charge is 0.488 e. The van der Waals surface area contributed by atoms with E-state index in [2.05, 4.69) is 7.05 Å².